The summed E-state index contributed by atoms with van der Waals surface area (Å²) in [6, 6.07) is 17.0. The summed E-state index contributed by atoms with van der Waals surface area (Å²) >= 11 is 0. The molecule has 0 saturated carbocycles. The largest absolute Gasteiger partial charge is 0.493 e. The molecular formula is C22H31N2O6P. The third kappa shape index (κ3) is 8.44. The normalized spacial score (nSPS) is 13.4. The van der Waals surface area contributed by atoms with Gasteiger partial charge in [-0.15, -0.1) is 0 Å². The van der Waals surface area contributed by atoms with Crippen LogP contribution in [0, 0.1) is 0 Å². The van der Waals surface area contributed by atoms with E-state index in [0.717, 1.165) is 6.42 Å². The zero-order valence-electron chi connectivity index (χ0n) is 18.2. The van der Waals surface area contributed by atoms with E-state index in [1.165, 1.54) is 12.5 Å². The van der Waals surface area contributed by atoms with E-state index < -0.39 is 19.3 Å². The number of nitrogens with one attached hydrogen (secondary N) is 1. The first-order valence-corrected chi connectivity index (χ1v) is 11.6. The number of rotatable bonds is 13. The van der Waals surface area contributed by atoms with E-state index in [0.29, 0.717) is 18.0 Å². The van der Waals surface area contributed by atoms with Crippen LogP contribution in [0.4, 0.5) is 5.69 Å². The Morgan fingerprint density at radius 1 is 1.00 bits per heavy atom. The molecule has 0 saturated heterocycles. The van der Waals surface area contributed by atoms with Crippen LogP contribution in [0.15, 0.2) is 54.6 Å². The van der Waals surface area contributed by atoms with Crippen molar-refractivity contribution in [2.45, 2.75) is 32.7 Å². The van der Waals surface area contributed by atoms with Gasteiger partial charge >= 0.3 is 7.82 Å². The van der Waals surface area contributed by atoms with Crippen LogP contribution in [0.1, 0.15) is 26.3 Å². The fourth-order valence-corrected chi connectivity index (χ4v) is 3.83. The van der Waals surface area contributed by atoms with Crippen molar-refractivity contribution in [1.29, 1.82) is 0 Å². The first-order chi connectivity index (χ1) is 14.8. The Hall–Kier alpha value is -2.22. The van der Waals surface area contributed by atoms with Gasteiger partial charge in [-0.2, -0.15) is 0 Å². The number of phosphoric acid groups is 1. The molecule has 0 heterocycles. The zero-order chi connectivity index (χ0) is 22.7. The van der Waals surface area contributed by atoms with Crippen molar-refractivity contribution in [3.8, 4) is 5.75 Å². The molecule has 2 aromatic carbocycles. The van der Waals surface area contributed by atoms with E-state index in [4.69, 9.17) is 24.0 Å². The minimum atomic E-state index is -3.75. The van der Waals surface area contributed by atoms with Gasteiger partial charge in [0.15, 0.2) is 0 Å². The van der Waals surface area contributed by atoms with Gasteiger partial charge < -0.3 is 15.8 Å². The molecule has 9 heteroatoms. The topological polar surface area (TPSA) is 109 Å². The van der Waals surface area contributed by atoms with Gasteiger partial charge in [0.2, 0.25) is 5.91 Å². The molecule has 3 N–H and O–H groups in total. The van der Waals surface area contributed by atoms with E-state index in [1.54, 1.807) is 38.1 Å². The second kappa shape index (κ2) is 12.0. The maximum atomic E-state index is 12.6. The number of anilines is 1. The highest BCUT2D eigenvalue weighted by Crippen LogP contribution is 2.49. The van der Waals surface area contributed by atoms with Gasteiger partial charge in [-0.3, -0.25) is 18.4 Å². The molecule has 170 valence electrons. The quantitative estimate of drug-likeness (QED) is 0.441. The molecule has 2 rings (SSSR count). The summed E-state index contributed by atoms with van der Waals surface area (Å²) in [5, 5.41) is 2.72. The lowest BCUT2D eigenvalue weighted by atomic mass is 10.0. The van der Waals surface area contributed by atoms with Gasteiger partial charge in [0.1, 0.15) is 11.3 Å². The smallest absolute Gasteiger partial charge is 0.474 e. The number of ether oxygens (including phenoxy) is 1. The molecule has 0 aromatic heterocycles. The second-order valence-corrected chi connectivity index (χ2v) is 8.71. The SMILES string of the molecule is CCOP(=O)(OCC)OC[C@](C)(N)C(=O)Nc1ccc(OCCc2ccccc2)cc1. The third-order valence-electron chi connectivity index (χ3n) is 4.23. The Morgan fingerprint density at radius 2 is 1.61 bits per heavy atom. The summed E-state index contributed by atoms with van der Waals surface area (Å²) in [5.74, 6) is 0.201. The first kappa shape index (κ1) is 25.0. The van der Waals surface area contributed by atoms with E-state index in [1.807, 2.05) is 18.2 Å². The lowest BCUT2D eigenvalue weighted by Gasteiger charge is -2.25. The fraction of sp³-hybridized carbons (Fsp3) is 0.409. The zero-order valence-corrected chi connectivity index (χ0v) is 19.1. The van der Waals surface area contributed by atoms with Crippen LogP contribution in [0.5, 0.6) is 5.75 Å². The average molecular weight is 450 g/mol. The molecule has 0 aliphatic carbocycles. The van der Waals surface area contributed by atoms with E-state index in [2.05, 4.69) is 17.4 Å². The third-order valence-corrected chi connectivity index (χ3v) is 5.82. The molecule has 0 unspecified atom stereocenters. The number of carbonyl (C=O) groups is 1. The van der Waals surface area contributed by atoms with Crippen molar-refractivity contribution < 1.29 is 27.7 Å². The highest BCUT2D eigenvalue weighted by molar-refractivity contribution is 7.48. The number of benzene rings is 2. The van der Waals surface area contributed by atoms with Gasteiger partial charge in [0, 0.05) is 12.1 Å². The van der Waals surface area contributed by atoms with Gasteiger partial charge in [-0.1, -0.05) is 30.3 Å². The lowest BCUT2D eigenvalue weighted by Crippen LogP contribution is -2.52. The molecular weight excluding hydrogens is 419 g/mol. The van der Waals surface area contributed by atoms with Crippen LogP contribution >= 0.6 is 7.82 Å². The minimum Gasteiger partial charge on any atom is -0.493 e. The van der Waals surface area contributed by atoms with Gasteiger partial charge in [-0.05, 0) is 50.6 Å². The first-order valence-electron chi connectivity index (χ1n) is 10.2. The van der Waals surface area contributed by atoms with Crippen LogP contribution in [0.2, 0.25) is 0 Å². The number of hydrogen-bond donors (Lipinski definition) is 2. The van der Waals surface area contributed by atoms with Crippen molar-refractivity contribution in [2.75, 3.05) is 31.7 Å². The number of phosphoric ester groups is 1. The summed E-state index contributed by atoms with van der Waals surface area (Å²) in [5.41, 5.74) is 6.37. The molecule has 0 aliphatic heterocycles. The highest BCUT2D eigenvalue weighted by Gasteiger charge is 2.34. The molecule has 31 heavy (non-hydrogen) atoms. The minimum absolute atomic E-state index is 0.143. The monoisotopic (exact) mass is 450 g/mol. The number of carbonyl (C=O) groups excluding carboxylic acids is 1. The molecule has 1 amide bonds. The summed E-state index contributed by atoms with van der Waals surface area (Å²) in [4.78, 5) is 12.6. The van der Waals surface area contributed by atoms with Crippen LogP contribution in [0.3, 0.4) is 0 Å². The fourth-order valence-electron chi connectivity index (χ4n) is 2.55. The molecule has 2 aromatic rings. The Morgan fingerprint density at radius 3 is 2.19 bits per heavy atom. The van der Waals surface area contributed by atoms with Crippen molar-refractivity contribution in [1.82, 2.24) is 0 Å². The van der Waals surface area contributed by atoms with Crippen LogP contribution < -0.4 is 15.8 Å². The Bertz CT molecular complexity index is 848. The van der Waals surface area contributed by atoms with Crippen molar-refractivity contribution in [2.24, 2.45) is 5.73 Å². The molecule has 0 bridgehead atoms. The van der Waals surface area contributed by atoms with E-state index >= 15 is 0 Å². The predicted molar refractivity (Wildman–Crippen MR) is 120 cm³/mol. The van der Waals surface area contributed by atoms with Crippen molar-refractivity contribution in [3.05, 3.63) is 60.2 Å². The summed E-state index contributed by atoms with van der Waals surface area (Å²) < 4.78 is 33.5. The van der Waals surface area contributed by atoms with Gasteiger partial charge in [-0.25, -0.2) is 4.57 Å². The summed E-state index contributed by atoms with van der Waals surface area (Å²) in [6.45, 7) is 5.31. The lowest BCUT2D eigenvalue weighted by molar-refractivity contribution is -0.121. The van der Waals surface area contributed by atoms with Crippen LogP contribution in [-0.4, -0.2) is 37.9 Å². The standard InChI is InChI=1S/C22H31N2O6P/c1-4-28-31(26,29-5-2)30-17-22(3,23)21(25)24-19-11-13-20(14-12-19)27-16-15-18-9-7-6-8-10-18/h6-14H,4-5,15-17,23H2,1-3H3,(H,24,25)/t22-/m0/s1. The van der Waals surface area contributed by atoms with Gasteiger partial charge in [0.05, 0.1) is 26.4 Å². The molecule has 1 atom stereocenters. The van der Waals surface area contributed by atoms with E-state index in [-0.39, 0.29) is 19.8 Å². The predicted octanol–water partition coefficient (Wildman–Crippen LogP) is 4.16. The molecule has 0 spiro atoms. The Kier molecular flexibility index (Phi) is 9.68. The maximum Gasteiger partial charge on any atom is 0.474 e. The Balaban J connectivity index is 1.85. The van der Waals surface area contributed by atoms with E-state index in [9.17, 15) is 9.36 Å². The van der Waals surface area contributed by atoms with Gasteiger partial charge in [0.25, 0.3) is 0 Å². The molecule has 8 nitrogen and oxygen atoms in total. The summed E-state index contributed by atoms with van der Waals surface area (Å²) in [7, 11) is -3.75. The molecule has 0 radical (unpaired) electrons. The van der Waals surface area contributed by atoms with Crippen LogP contribution in [-0.2, 0) is 29.4 Å². The average Bonchev–Trinajstić information content (AvgIpc) is 2.75. The van der Waals surface area contributed by atoms with Crippen molar-refractivity contribution >= 4 is 19.4 Å². The highest BCUT2D eigenvalue weighted by atomic mass is 31.2. The Labute approximate surface area is 183 Å². The number of nitrogens with two attached hydrogens (primary N) is 1. The molecule has 0 fully saturated rings. The maximum absolute atomic E-state index is 12.6. The second-order valence-electron chi connectivity index (χ2n) is 7.04. The number of amides is 1. The number of hydrogen-bond acceptors (Lipinski definition) is 7. The summed E-state index contributed by atoms with van der Waals surface area (Å²) in [6.07, 6.45) is 0.804. The van der Waals surface area contributed by atoms with Crippen LogP contribution in [0.25, 0.3) is 0 Å². The van der Waals surface area contributed by atoms with Crippen molar-refractivity contribution in [3.63, 3.8) is 0 Å². The molecule has 0 aliphatic rings.